The van der Waals surface area contributed by atoms with Crippen LogP contribution in [0.15, 0.2) is 24.3 Å². The number of rotatable bonds is 4. The van der Waals surface area contributed by atoms with E-state index in [1.165, 1.54) is 31.2 Å². The molecule has 1 aliphatic rings. The summed E-state index contributed by atoms with van der Waals surface area (Å²) in [4.78, 5) is 0. The molecule has 0 aromatic heterocycles. The Hall–Kier alpha value is -1.02. The third kappa shape index (κ3) is 4.47. The molecule has 1 aromatic carbocycles. The maximum Gasteiger partial charge on any atom is 0.119 e. The van der Waals surface area contributed by atoms with Crippen molar-refractivity contribution in [1.29, 1.82) is 0 Å². The molecule has 0 bridgehead atoms. The van der Waals surface area contributed by atoms with Gasteiger partial charge < -0.3 is 10.1 Å². The molecular formula is C19H31NO. The summed E-state index contributed by atoms with van der Waals surface area (Å²) in [5.41, 5.74) is 1.77. The molecule has 0 unspecified atom stereocenters. The van der Waals surface area contributed by atoms with E-state index in [1.807, 2.05) is 6.07 Å². The van der Waals surface area contributed by atoms with Crippen LogP contribution in [0.25, 0.3) is 0 Å². The summed E-state index contributed by atoms with van der Waals surface area (Å²) in [5.74, 6) is 1.82. The third-order valence-corrected chi connectivity index (χ3v) is 5.03. The van der Waals surface area contributed by atoms with Gasteiger partial charge in [0.1, 0.15) is 5.75 Å². The van der Waals surface area contributed by atoms with Crippen LogP contribution in [-0.4, -0.2) is 13.2 Å². The van der Waals surface area contributed by atoms with Crippen LogP contribution in [0.4, 0.5) is 0 Å². The van der Waals surface area contributed by atoms with Crippen LogP contribution in [0, 0.1) is 11.3 Å². The standard InChI is InChI=1S/C19H31NO/c1-14(15-7-6-8-18(13-15)21-5)20-17-11-9-16(10-12-17)19(2,3)4/h6-8,13-14,16-17,20H,9-12H2,1-5H3/t14-,16?,17?/m1/s1. The Bertz CT molecular complexity index is 441. The van der Waals surface area contributed by atoms with Gasteiger partial charge in [-0.2, -0.15) is 0 Å². The van der Waals surface area contributed by atoms with Gasteiger partial charge in [-0.25, -0.2) is 0 Å². The van der Waals surface area contributed by atoms with Gasteiger partial charge in [0.25, 0.3) is 0 Å². The van der Waals surface area contributed by atoms with Crippen molar-refractivity contribution in [2.75, 3.05) is 7.11 Å². The highest BCUT2D eigenvalue weighted by molar-refractivity contribution is 5.30. The molecule has 1 saturated carbocycles. The van der Waals surface area contributed by atoms with Gasteiger partial charge in [-0.15, -0.1) is 0 Å². The van der Waals surface area contributed by atoms with Crippen LogP contribution in [-0.2, 0) is 0 Å². The monoisotopic (exact) mass is 289 g/mol. The molecule has 1 fully saturated rings. The summed E-state index contributed by atoms with van der Waals surface area (Å²) in [6.45, 7) is 9.39. The quantitative estimate of drug-likeness (QED) is 0.846. The molecule has 1 N–H and O–H groups in total. The van der Waals surface area contributed by atoms with E-state index in [4.69, 9.17) is 4.74 Å². The van der Waals surface area contributed by atoms with Gasteiger partial charge in [0.15, 0.2) is 0 Å². The maximum atomic E-state index is 5.32. The van der Waals surface area contributed by atoms with E-state index in [0.717, 1.165) is 11.7 Å². The van der Waals surface area contributed by atoms with Crippen LogP contribution >= 0.6 is 0 Å². The Kier molecular flexibility index (Phi) is 5.32. The van der Waals surface area contributed by atoms with E-state index in [2.05, 4.69) is 51.2 Å². The first-order valence-corrected chi connectivity index (χ1v) is 8.30. The number of hydrogen-bond donors (Lipinski definition) is 1. The van der Waals surface area contributed by atoms with Gasteiger partial charge in [-0.1, -0.05) is 32.9 Å². The molecule has 0 amide bonds. The Labute approximate surface area is 130 Å². The van der Waals surface area contributed by atoms with Crippen molar-refractivity contribution >= 4 is 0 Å². The van der Waals surface area contributed by atoms with Gasteiger partial charge >= 0.3 is 0 Å². The van der Waals surface area contributed by atoms with E-state index < -0.39 is 0 Å². The SMILES string of the molecule is COc1cccc([C@@H](C)NC2CCC(C(C)(C)C)CC2)c1. The highest BCUT2D eigenvalue weighted by atomic mass is 16.5. The second-order valence-electron chi connectivity index (χ2n) is 7.58. The summed E-state index contributed by atoms with van der Waals surface area (Å²) in [6.07, 6.45) is 5.31. The van der Waals surface area contributed by atoms with Crippen LogP contribution in [0.2, 0.25) is 0 Å². The zero-order chi connectivity index (χ0) is 15.5. The first-order valence-electron chi connectivity index (χ1n) is 8.30. The molecule has 0 aliphatic heterocycles. The zero-order valence-electron chi connectivity index (χ0n) is 14.3. The largest absolute Gasteiger partial charge is 0.497 e. The van der Waals surface area contributed by atoms with Gasteiger partial charge in [0.05, 0.1) is 7.11 Å². The molecule has 0 radical (unpaired) electrons. The lowest BCUT2D eigenvalue weighted by Gasteiger charge is -2.38. The molecule has 2 rings (SSSR count). The number of ether oxygens (including phenoxy) is 1. The fraction of sp³-hybridized carbons (Fsp3) is 0.684. The summed E-state index contributed by atoms with van der Waals surface area (Å²) in [6, 6.07) is 9.44. The van der Waals surface area contributed by atoms with Crippen LogP contribution in [0.1, 0.15) is 65.0 Å². The predicted octanol–water partition coefficient (Wildman–Crippen LogP) is 4.95. The molecule has 1 aliphatic carbocycles. The Morgan fingerprint density at radius 1 is 1.14 bits per heavy atom. The Morgan fingerprint density at radius 3 is 2.38 bits per heavy atom. The van der Waals surface area contributed by atoms with Crippen LogP contribution in [0.3, 0.4) is 0 Å². The lowest BCUT2D eigenvalue weighted by molar-refractivity contribution is 0.157. The van der Waals surface area contributed by atoms with Gasteiger partial charge in [-0.3, -0.25) is 0 Å². The van der Waals surface area contributed by atoms with Crippen molar-refractivity contribution < 1.29 is 4.74 Å². The van der Waals surface area contributed by atoms with E-state index in [0.29, 0.717) is 17.5 Å². The third-order valence-electron chi connectivity index (χ3n) is 5.03. The minimum absolute atomic E-state index is 0.385. The average molecular weight is 289 g/mol. The Morgan fingerprint density at radius 2 is 1.81 bits per heavy atom. The van der Waals surface area contributed by atoms with E-state index >= 15 is 0 Å². The number of nitrogens with one attached hydrogen (secondary N) is 1. The van der Waals surface area contributed by atoms with E-state index in [-0.39, 0.29) is 0 Å². The minimum atomic E-state index is 0.385. The zero-order valence-corrected chi connectivity index (χ0v) is 14.3. The van der Waals surface area contributed by atoms with Gasteiger partial charge in [0, 0.05) is 12.1 Å². The molecule has 118 valence electrons. The fourth-order valence-corrected chi connectivity index (χ4v) is 3.49. The topological polar surface area (TPSA) is 21.3 Å². The minimum Gasteiger partial charge on any atom is -0.497 e. The fourth-order valence-electron chi connectivity index (χ4n) is 3.49. The van der Waals surface area contributed by atoms with Crippen molar-refractivity contribution in [2.45, 2.75) is 65.5 Å². The molecule has 21 heavy (non-hydrogen) atoms. The number of hydrogen-bond acceptors (Lipinski definition) is 2. The van der Waals surface area contributed by atoms with Crippen LogP contribution in [0.5, 0.6) is 5.75 Å². The highest BCUT2D eigenvalue weighted by Gasteiger charge is 2.30. The lowest BCUT2D eigenvalue weighted by Crippen LogP contribution is -2.37. The van der Waals surface area contributed by atoms with E-state index in [1.54, 1.807) is 7.11 Å². The molecule has 0 saturated heterocycles. The molecule has 2 heteroatoms. The molecular weight excluding hydrogens is 258 g/mol. The number of benzene rings is 1. The lowest BCUT2D eigenvalue weighted by atomic mass is 9.71. The molecule has 0 heterocycles. The number of methoxy groups -OCH3 is 1. The second-order valence-corrected chi connectivity index (χ2v) is 7.58. The normalized spacial score (nSPS) is 24.6. The van der Waals surface area contributed by atoms with Gasteiger partial charge in [0.2, 0.25) is 0 Å². The maximum absolute atomic E-state index is 5.32. The van der Waals surface area contributed by atoms with Crippen molar-refractivity contribution in [3.05, 3.63) is 29.8 Å². The van der Waals surface area contributed by atoms with Crippen molar-refractivity contribution in [3.8, 4) is 5.75 Å². The average Bonchev–Trinajstić information content (AvgIpc) is 2.47. The molecule has 2 nitrogen and oxygen atoms in total. The second kappa shape index (κ2) is 6.83. The van der Waals surface area contributed by atoms with Crippen molar-refractivity contribution in [3.63, 3.8) is 0 Å². The predicted molar refractivity (Wildman–Crippen MR) is 89.7 cm³/mol. The summed E-state index contributed by atoms with van der Waals surface area (Å²) in [5, 5.41) is 3.80. The van der Waals surface area contributed by atoms with Gasteiger partial charge in [-0.05, 0) is 61.6 Å². The summed E-state index contributed by atoms with van der Waals surface area (Å²) < 4.78 is 5.32. The molecule has 1 atom stereocenters. The smallest absolute Gasteiger partial charge is 0.119 e. The van der Waals surface area contributed by atoms with Crippen molar-refractivity contribution in [2.24, 2.45) is 11.3 Å². The Balaban J connectivity index is 1.88. The summed E-state index contributed by atoms with van der Waals surface area (Å²) in [7, 11) is 1.73. The highest BCUT2D eigenvalue weighted by Crippen LogP contribution is 2.38. The first-order chi connectivity index (χ1) is 9.90. The summed E-state index contributed by atoms with van der Waals surface area (Å²) >= 11 is 0. The van der Waals surface area contributed by atoms with Crippen LogP contribution < -0.4 is 10.1 Å². The molecule has 1 aromatic rings. The molecule has 0 spiro atoms. The van der Waals surface area contributed by atoms with Crippen molar-refractivity contribution in [1.82, 2.24) is 5.32 Å². The van der Waals surface area contributed by atoms with E-state index in [9.17, 15) is 0 Å². The first kappa shape index (κ1) is 16.4.